The number of rotatable bonds is 17. The number of hydrogen-bond donors (Lipinski definition) is 0. The molecule has 2 aromatic rings. The zero-order valence-corrected chi connectivity index (χ0v) is 60.9. The molecular weight excluding hydrogens is 1130 g/mol. The molecular formula is C70H110Cl2N3NaO6Si2. The third-order valence-electron chi connectivity index (χ3n) is 25.4. The second kappa shape index (κ2) is 26.9. The molecule has 0 amide bonds. The van der Waals surface area contributed by atoms with E-state index in [1.807, 2.05) is 0 Å². The molecule has 0 bridgehead atoms. The number of fused-ring (bicyclic) bond motifs is 10. The van der Waals surface area contributed by atoms with Gasteiger partial charge in [0.2, 0.25) is 11.8 Å². The van der Waals surface area contributed by atoms with E-state index in [4.69, 9.17) is 46.8 Å². The Morgan fingerprint density at radius 3 is 1.39 bits per heavy atom. The zero-order valence-electron chi connectivity index (χ0n) is 55.4. The number of carbonyl (C=O) groups excluding carboxylic acids is 1. The van der Waals surface area contributed by atoms with Gasteiger partial charge in [-0.2, -0.15) is 5.26 Å². The number of nitriles is 1. The smallest absolute Gasteiger partial charge is 0.545 e. The van der Waals surface area contributed by atoms with E-state index >= 15 is 0 Å². The van der Waals surface area contributed by atoms with Crippen molar-refractivity contribution in [3.8, 4) is 17.8 Å². The van der Waals surface area contributed by atoms with Gasteiger partial charge in [-0.25, -0.2) is 9.97 Å². The van der Waals surface area contributed by atoms with Crippen molar-refractivity contribution in [3.05, 3.63) is 45.7 Å². The maximum Gasteiger partial charge on any atom is 1.00 e. The van der Waals surface area contributed by atoms with Crippen LogP contribution in [0.2, 0.25) is 49.3 Å². The Balaban J connectivity index is 0.000000217. The van der Waals surface area contributed by atoms with E-state index < -0.39 is 22.6 Å². The van der Waals surface area contributed by atoms with Gasteiger partial charge >= 0.3 is 29.6 Å². The Morgan fingerprint density at radius 2 is 1.02 bits per heavy atom. The number of halogens is 2. The average molecular weight is 1240 g/mol. The van der Waals surface area contributed by atoms with Gasteiger partial charge in [-0.15, -0.1) is 0 Å². The quantitative estimate of drug-likeness (QED) is 0.142. The molecule has 0 spiro atoms. The number of hydrogen-bond acceptors (Lipinski definition) is 9. The maximum atomic E-state index is 11.1. The van der Waals surface area contributed by atoms with Crippen LogP contribution >= 0.6 is 23.2 Å². The average Bonchev–Trinajstić information content (AvgIpc) is 1.53. The van der Waals surface area contributed by atoms with Crippen LogP contribution in [0.1, 0.15) is 201 Å². The van der Waals surface area contributed by atoms with Crippen molar-refractivity contribution in [1.29, 1.82) is 5.26 Å². The van der Waals surface area contributed by atoms with Gasteiger partial charge in [0.15, 0.2) is 16.6 Å². The van der Waals surface area contributed by atoms with Crippen molar-refractivity contribution in [3.63, 3.8) is 0 Å². The molecule has 0 N–H and O–H groups in total. The van der Waals surface area contributed by atoms with Crippen LogP contribution < -0.4 is 44.1 Å². The molecule has 464 valence electrons. The number of pyridine rings is 2. The first-order valence-corrected chi connectivity index (χ1v) is 41.1. The monoisotopic (exact) mass is 1240 g/mol. The molecule has 0 aliphatic heterocycles. The summed E-state index contributed by atoms with van der Waals surface area (Å²) in [6, 6.07) is 5.08. The van der Waals surface area contributed by atoms with Crippen LogP contribution in [0.25, 0.3) is 0 Å². The Hall–Kier alpha value is -1.21. The molecule has 9 nitrogen and oxygen atoms in total. The Bertz CT molecular complexity index is 2630. The van der Waals surface area contributed by atoms with E-state index in [1.54, 1.807) is 6.07 Å². The standard InChI is InChI=1S/C35H55ClN2O2Si.C35H56ClNO4Si.Na/c1-9-25-29-18-22(2)12-15-35(29,5)28-13-16-34(4)26(10-11-27(34)31(28)32(25)40-41(6,7)8)23(3)14-17-39-33-30(36)19-24(20-37)21-38-33;1-9-24-28-18-21(2)12-15-35(28,5)27-13-16-34(4)25(10-11-26(34)30(27)31(24)41-42(6,7)8)22(3)14-17-40-32-29(36)19-23(20-37-32)33(38)39;/h19,21-23,25-29,31-32H,9-18H2,1-8H3;19-22,24-28,30-31H,9-18H2,1-8H3,(H,38,39);/q;;+1/p-1/t22-,23-,25-,26-,27+,28+,29+,31+,32-,34-,35-;21-,22-,24-,25-,26+,27+,28+,30+,31-,34-,35-;/m11./s1. The molecule has 0 radical (unpaired) electrons. The molecule has 2 heterocycles. The second-order valence-electron chi connectivity index (χ2n) is 32.2. The van der Waals surface area contributed by atoms with Crippen LogP contribution in [0.5, 0.6) is 11.8 Å². The first-order chi connectivity index (χ1) is 39.0. The summed E-state index contributed by atoms with van der Waals surface area (Å²) in [5.74, 6) is 11.1. The molecule has 0 aromatic carbocycles. The van der Waals surface area contributed by atoms with Crippen molar-refractivity contribution < 1.29 is 57.8 Å². The summed E-state index contributed by atoms with van der Waals surface area (Å²) in [5.41, 5.74) is 2.06. The fourth-order valence-electron chi connectivity index (χ4n) is 21.7. The molecule has 22 atom stereocenters. The van der Waals surface area contributed by atoms with Gasteiger partial charge in [0.05, 0.1) is 37.0 Å². The van der Waals surface area contributed by atoms with Crippen LogP contribution in [0.3, 0.4) is 0 Å². The van der Waals surface area contributed by atoms with Gasteiger partial charge in [0.25, 0.3) is 0 Å². The first-order valence-electron chi connectivity index (χ1n) is 33.5. The second-order valence-corrected chi connectivity index (χ2v) is 41.9. The molecule has 8 saturated carbocycles. The Kier molecular flexibility index (Phi) is 22.0. The number of aromatic carboxylic acids is 1. The van der Waals surface area contributed by atoms with E-state index in [9.17, 15) is 9.90 Å². The SMILES string of the molecule is CC[C@H]1[C@@H](O[Si](C)(C)C)[C@@H]2[C@H](CC[C@]3(C)[C@@H]([C@H](C)CCOc4ncc(C#N)cc4Cl)CC[C@@H]23)[C@@]2(C)CC[C@@H](C)C[C@@H]12.CC[C@H]1[C@@H](O[Si](C)(C)C)[C@@H]2[C@H](CC[C@]3(C)[C@@H]([C@H](C)CCOc4ncc(C(=O)[O-])cc4Cl)CC[C@@H]23)[C@@]2(C)CC[C@@H](C)C[C@@H]12.[Na+]. The van der Waals surface area contributed by atoms with Crippen molar-refractivity contribution in [2.45, 2.75) is 236 Å². The molecule has 14 heteroatoms. The molecule has 8 fully saturated rings. The zero-order chi connectivity index (χ0) is 60.4. The minimum absolute atomic E-state index is 0. The van der Waals surface area contributed by atoms with Gasteiger partial charge in [0, 0.05) is 18.0 Å². The number of nitrogens with zero attached hydrogens (tertiary/aromatic N) is 3. The third-order valence-corrected chi connectivity index (χ3v) is 27.9. The van der Waals surface area contributed by atoms with Crippen molar-refractivity contribution in [1.82, 2.24) is 9.97 Å². The molecule has 8 aliphatic carbocycles. The van der Waals surface area contributed by atoms with E-state index in [0.29, 0.717) is 117 Å². The van der Waals surface area contributed by atoms with E-state index in [1.165, 1.54) is 121 Å². The van der Waals surface area contributed by atoms with Crippen LogP contribution in [0.15, 0.2) is 24.5 Å². The number of carboxylic acid groups (broad SMARTS) is 1. The summed E-state index contributed by atoms with van der Waals surface area (Å²) in [5, 5.41) is 20.9. The van der Waals surface area contributed by atoms with Crippen molar-refractivity contribution in [2.75, 3.05) is 13.2 Å². The van der Waals surface area contributed by atoms with Gasteiger partial charge in [0.1, 0.15) is 16.1 Å². The van der Waals surface area contributed by atoms with E-state index in [2.05, 4.69) is 125 Å². The minimum Gasteiger partial charge on any atom is -0.545 e. The normalized spacial score (nSPS) is 40.3. The fraction of sp³-hybridized carbons (Fsp3) is 0.829. The summed E-state index contributed by atoms with van der Waals surface area (Å²) in [7, 11) is -3.41. The number of carbonyl (C=O) groups is 1. The summed E-state index contributed by atoms with van der Waals surface area (Å²) in [4.78, 5) is 19.5. The predicted molar refractivity (Wildman–Crippen MR) is 340 cm³/mol. The number of ether oxygens (including phenoxy) is 2. The number of carboxylic acids is 1. The topological polar surface area (TPSA) is 127 Å². The van der Waals surface area contributed by atoms with Gasteiger partial charge in [-0.3, -0.25) is 0 Å². The van der Waals surface area contributed by atoms with Crippen LogP contribution in [0, 0.1) is 128 Å². The molecule has 0 saturated heterocycles. The van der Waals surface area contributed by atoms with Crippen molar-refractivity contribution in [2.24, 2.45) is 116 Å². The molecule has 10 rings (SSSR count). The summed E-state index contributed by atoms with van der Waals surface area (Å²) >= 11 is 12.6. The molecule has 8 aliphatic rings. The van der Waals surface area contributed by atoms with Gasteiger partial charge in [-0.05, 0) is 258 Å². The van der Waals surface area contributed by atoms with Crippen molar-refractivity contribution >= 4 is 45.8 Å². The predicted octanol–water partition coefficient (Wildman–Crippen LogP) is 15.0. The molecule has 84 heavy (non-hydrogen) atoms. The summed E-state index contributed by atoms with van der Waals surface area (Å²) < 4.78 is 26.7. The largest absolute Gasteiger partial charge is 1.00 e. The molecule has 2 aromatic heterocycles. The third kappa shape index (κ3) is 13.6. The summed E-state index contributed by atoms with van der Waals surface area (Å²) in [6.07, 6.45) is 27.2. The minimum atomic E-state index is -1.72. The molecule has 0 unspecified atom stereocenters. The number of aromatic nitrogens is 2. The Morgan fingerprint density at radius 1 is 0.631 bits per heavy atom. The van der Waals surface area contributed by atoms with Crippen LogP contribution in [-0.2, 0) is 8.85 Å². The van der Waals surface area contributed by atoms with E-state index in [-0.39, 0.29) is 40.1 Å². The van der Waals surface area contributed by atoms with Gasteiger partial charge < -0.3 is 28.2 Å². The van der Waals surface area contributed by atoms with Crippen LogP contribution in [-0.4, -0.2) is 58.0 Å². The first kappa shape index (κ1) is 68.7. The van der Waals surface area contributed by atoms with E-state index in [0.717, 1.165) is 60.2 Å². The van der Waals surface area contributed by atoms with Crippen LogP contribution in [0.4, 0.5) is 0 Å². The Labute approximate surface area is 544 Å². The maximum absolute atomic E-state index is 11.1. The van der Waals surface area contributed by atoms with Gasteiger partial charge in [-0.1, -0.05) is 118 Å². The fourth-order valence-corrected chi connectivity index (χ4v) is 24.4. The summed E-state index contributed by atoms with van der Waals surface area (Å²) in [6.45, 7) is 41.1.